The predicted octanol–water partition coefficient (Wildman–Crippen LogP) is 2.45. The van der Waals surface area contributed by atoms with E-state index in [-0.39, 0.29) is 24.0 Å². The summed E-state index contributed by atoms with van der Waals surface area (Å²) in [5, 5.41) is 21.4. The van der Waals surface area contributed by atoms with E-state index < -0.39 is 5.60 Å². The summed E-state index contributed by atoms with van der Waals surface area (Å²) in [6.45, 7) is 11.3. The van der Waals surface area contributed by atoms with E-state index >= 15 is 0 Å². The Morgan fingerprint density at radius 1 is 1.24 bits per heavy atom. The first-order valence-electron chi connectivity index (χ1n) is 11.5. The van der Waals surface area contributed by atoms with Gasteiger partial charge in [0.15, 0.2) is 11.8 Å². The lowest BCUT2D eigenvalue weighted by Crippen LogP contribution is -2.52. The van der Waals surface area contributed by atoms with Crippen LogP contribution >= 0.6 is 24.0 Å². The number of aryl methyl sites for hydroxylation is 1. The van der Waals surface area contributed by atoms with Crippen molar-refractivity contribution in [2.45, 2.75) is 45.8 Å². The highest BCUT2D eigenvalue weighted by Crippen LogP contribution is 2.19. The van der Waals surface area contributed by atoms with Crippen molar-refractivity contribution in [1.29, 1.82) is 0 Å². The molecule has 1 fully saturated rings. The quantitative estimate of drug-likeness (QED) is 0.227. The second-order valence-corrected chi connectivity index (χ2v) is 8.40. The first-order valence-corrected chi connectivity index (χ1v) is 11.5. The molecule has 3 N–H and O–H groups in total. The number of β-amino-alcohol motifs (C(OH)–C–C–N with tert-alkyl or cyclic N) is 1. The number of aliphatic imine (C=N–C) groups is 1. The SMILES string of the molecule is CCCc1noc(-c2cccc(CN=C(NCC)NCC(C)(O)CN3CCOCC3)c2)n1.I. The number of ether oxygens (including phenoxy) is 1. The van der Waals surface area contributed by atoms with Gasteiger partial charge in [-0.1, -0.05) is 24.2 Å². The predicted molar refractivity (Wildman–Crippen MR) is 140 cm³/mol. The average molecular weight is 572 g/mol. The zero-order valence-corrected chi connectivity index (χ0v) is 22.2. The van der Waals surface area contributed by atoms with Gasteiger partial charge in [-0.3, -0.25) is 4.90 Å². The summed E-state index contributed by atoms with van der Waals surface area (Å²) in [5.41, 5.74) is 1.05. The van der Waals surface area contributed by atoms with Crippen LogP contribution in [-0.2, 0) is 17.7 Å². The number of nitrogens with zero attached hydrogens (tertiary/aromatic N) is 4. The van der Waals surface area contributed by atoms with Crippen LogP contribution in [0.15, 0.2) is 33.8 Å². The first kappa shape index (κ1) is 27.5. The molecule has 1 saturated heterocycles. The maximum atomic E-state index is 10.8. The topological polar surface area (TPSA) is 108 Å². The van der Waals surface area contributed by atoms with Crippen molar-refractivity contribution in [1.82, 2.24) is 25.7 Å². The molecule has 10 heteroatoms. The molecular weight excluding hydrogens is 535 g/mol. The maximum absolute atomic E-state index is 10.8. The number of rotatable bonds is 10. The Morgan fingerprint density at radius 3 is 2.76 bits per heavy atom. The van der Waals surface area contributed by atoms with Gasteiger partial charge in [0.05, 0.1) is 25.4 Å². The van der Waals surface area contributed by atoms with E-state index in [9.17, 15) is 5.11 Å². The Bertz CT molecular complexity index is 867. The van der Waals surface area contributed by atoms with Crippen LogP contribution < -0.4 is 10.6 Å². The van der Waals surface area contributed by atoms with Crippen molar-refractivity contribution in [3.8, 4) is 11.5 Å². The molecule has 9 nitrogen and oxygen atoms in total. The van der Waals surface area contributed by atoms with E-state index in [2.05, 4.69) is 37.6 Å². The molecule has 1 aromatic heterocycles. The van der Waals surface area contributed by atoms with Crippen LogP contribution in [0.2, 0.25) is 0 Å². The van der Waals surface area contributed by atoms with Crippen LogP contribution in [0, 0.1) is 0 Å². The smallest absolute Gasteiger partial charge is 0.257 e. The number of guanidine groups is 1. The van der Waals surface area contributed by atoms with E-state index in [1.165, 1.54) is 0 Å². The summed E-state index contributed by atoms with van der Waals surface area (Å²) in [6.07, 6.45) is 1.79. The number of aliphatic hydroxyl groups is 1. The van der Waals surface area contributed by atoms with Crippen molar-refractivity contribution in [3.05, 3.63) is 35.7 Å². The van der Waals surface area contributed by atoms with E-state index in [1.807, 2.05) is 38.1 Å². The third-order valence-corrected chi connectivity index (χ3v) is 5.18. The molecule has 0 spiro atoms. The van der Waals surface area contributed by atoms with Gasteiger partial charge in [-0.05, 0) is 38.0 Å². The van der Waals surface area contributed by atoms with Crippen LogP contribution in [0.4, 0.5) is 0 Å². The molecule has 1 aliphatic heterocycles. The molecule has 3 rings (SSSR count). The summed E-state index contributed by atoms with van der Waals surface area (Å²) >= 11 is 0. The standard InChI is InChI=1S/C23H36N6O3.HI/c1-4-7-20-27-21(32-28-20)19-9-6-8-18(14-19)15-25-22(24-5-2)26-16-23(3,30)17-29-10-12-31-13-11-29;/h6,8-9,14,30H,4-5,7,10-13,15-17H2,1-3H3,(H2,24,25,26);1H. The van der Waals surface area contributed by atoms with Gasteiger partial charge in [0.2, 0.25) is 0 Å². The van der Waals surface area contributed by atoms with Crippen molar-refractivity contribution in [3.63, 3.8) is 0 Å². The van der Waals surface area contributed by atoms with Crippen LogP contribution in [-0.4, -0.2) is 77.6 Å². The number of nitrogens with one attached hydrogen (secondary N) is 2. The van der Waals surface area contributed by atoms with Gasteiger partial charge >= 0.3 is 0 Å². The fourth-order valence-corrected chi connectivity index (χ4v) is 3.58. The average Bonchev–Trinajstić information content (AvgIpc) is 3.25. The highest BCUT2D eigenvalue weighted by atomic mass is 127. The highest BCUT2D eigenvalue weighted by Gasteiger charge is 2.25. The number of benzene rings is 1. The minimum absolute atomic E-state index is 0. The Labute approximate surface area is 213 Å². The second-order valence-electron chi connectivity index (χ2n) is 8.40. The third-order valence-electron chi connectivity index (χ3n) is 5.18. The molecular formula is C23H37IN6O3. The number of aromatic nitrogens is 2. The number of halogens is 1. The fourth-order valence-electron chi connectivity index (χ4n) is 3.58. The Balaban J connectivity index is 0.00000385. The molecule has 0 amide bonds. The molecule has 33 heavy (non-hydrogen) atoms. The molecule has 1 aromatic carbocycles. The van der Waals surface area contributed by atoms with E-state index in [1.54, 1.807) is 0 Å². The van der Waals surface area contributed by atoms with Gasteiger partial charge in [-0.15, -0.1) is 24.0 Å². The summed E-state index contributed by atoms with van der Waals surface area (Å²) in [6, 6.07) is 7.97. The summed E-state index contributed by atoms with van der Waals surface area (Å²) in [5.74, 6) is 1.93. The highest BCUT2D eigenvalue weighted by molar-refractivity contribution is 14.0. The zero-order chi connectivity index (χ0) is 22.8. The molecule has 0 saturated carbocycles. The molecule has 2 heterocycles. The Hall–Kier alpha value is -1.76. The van der Waals surface area contributed by atoms with Gasteiger partial charge in [0.25, 0.3) is 5.89 Å². The molecule has 0 aliphatic carbocycles. The molecule has 0 bridgehead atoms. The normalized spacial score (nSPS) is 16.7. The van der Waals surface area contributed by atoms with Crippen molar-refractivity contribution in [2.75, 3.05) is 45.9 Å². The van der Waals surface area contributed by atoms with Gasteiger partial charge in [-0.25, -0.2) is 4.99 Å². The fraction of sp³-hybridized carbons (Fsp3) is 0.609. The van der Waals surface area contributed by atoms with Crippen molar-refractivity contribution in [2.24, 2.45) is 4.99 Å². The van der Waals surface area contributed by atoms with Crippen LogP contribution in [0.3, 0.4) is 0 Å². The Kier molecular flexibility index (Phi) is 11.5. The van der Waals surface area contributed by atoms with E-state index in [0.717, 1.165) is 62.6 Å². The molecule has 1 aliphatic rings. The summed E-state index contributed by atoms with van der Waals surface area (Å²) < 4.78 is 10.8. The molecule has 1 atom stereocenters. The molecule has 1 unspecified atom stereocenters. The summed E-state index contributed by atoms with van der Waals surface area (Å²) in [4.78, 5) is 11.4. The second kappa shape index (κ2) is 13.8. The van der Waals surface area contributed by atoms with Crippen molar-refractivity contribution >= 4 is 29.9 Å². The number of morpholine rings is 1. The van der Waals surface area contributed by atoms with E-state index in [4.69, 9.17) is 9.26 Å². The third kappa shape index (κ3) is 9.19. The minimum atomic E-state index is -0.873. The van der Waals surface area contributed by atoms with Gasteiger partial charge in [-0.2, -0.15) is 4.98 Å². The monoisotopic (exact) mass is 572 g/mol. The van der Waals surface area contributed by atoms with E-state index in [0.29, 0.717) is 31.5 Å². The van der Waals surface area contributed by atoms with Crippen LogP contribution in [0.5, 0.6) is 0 Å². The molecule has 2 aromatic rings. The number of hydrogen-bond donors (Lipinski definition) is 3. The largest absolute Gasteiger partial charge is 0.387 e. The lowest BCUT2D eigenvalue weighted by Gasteiger charge is -2.34. The maximum Gasteiger partial charge on any atom is 0.257 e. The van der Waals surface area contributed by atoms with Gasteiger partial charge < -0.3 is 25.0 Å². The Morgan fingerprint density at radius 2 is 2.03 bits per heavy atom. The summed E-state index contributed by atoms with van der Waals surface area (Å²) in [7, 11) is 0. The van der Waals surface area contributed by atoms with Crippen LogP contribution in [0.25, 0.3) is 11.5 Å². The zero-order valence-electron chi connectivity index (χ0n) is 19.8. The molecule has 184 valence electrons. The lowest BCUT2D eigenvalue weighted by atomic mass is 10.1. The van der Waals surface area contributed by atoms with Crippen molar-refractivity contribution < 1.29 is 14.4 Å². The minimum Gasteiger partial charge on any atom is -0.387 e. The van der Waals surface area contributed by atoms with Gasteiger partial charge in [0.1, 0.15) is 0 Å². The van der Waals surface area contributed by atoms with Crippen LogP contribution in [0.1, 0.15) is 38.6 Å². The molecule has 0 radical (unpaired) electrons. The van der Waals surface area contributed by atoms with Gasteiger partial charge in [0, 0.05) is 44.7 Å². The lowest BCUT2D eigenvalue weighted by molar-refractivity contribution is -0.0201. The first-order chi connectivity index (χ1) is 15.5. The number of hydrogen-bond acceptors (Lipinski definition) is 7.